The third kappa shape index (κ3) is 5.27. The van der Waals surface area contributed by atoms with Gasteiger partial charge in [0.2, 0.25) is 5.91 Å². The van der Waals surface area contributed by atoms with E-state index in [2.05, 4.69) is 15.7 Å². The first-order valence-corrected chi connectivity index (χ1v) is 11.2. The van der Waals surface area contributed by atoms with Crippen LogP contribution in [-0.2, 0) is 9.53 Å². The Labute approximate surface area is 195 Å². The van der Waals surface area contributed by atoms with Crippen LogP contribution >= 0.6 is 11.6 Å². The number of alkyl halides is 1. The van der Waals surface area contributed by atoms with Gasteiger partial charge in [0.25, 0.3) is 0 Å². The fourth-order valence-electron chi connectivity index (χ4n) is 4.12. The highest BCUT2D eigenvalue weighted by molar-refractivity contribution is 6.28. The van der Waals surface area contributed by atoms with Gasteiger partial charge >= 0.3 is 6.03 Å². The number of hydrogen-bond donors (Lipinski definition) is 3. The fraction of sp³-hybridized carbons (Fsp3) is 0.476. The zero-order valence-electron chi connectivity index (χ0n) is 18.1. The third-order valence-electron chi connectivity index (χ3n) is 5.90. The number of anilines is 2. The quantitative estimate of drug-likeness (QED) is 0.420. The maximum absolute atomic E-state index is 14.7. The number of nitrogens with zero attached hydrogens (tertiary/aromatic N) is 3. The molecule has 4 rings (SSSR count). The summed E-state index contributed by atoms with van der Waals surface area (Å²) in [7, 11) is 1.51. The Morgan fingerprint density at radius 3 is 2.88 bits per heavy atom. The molecule has 3 N–H and O–H groups in total. The van der Waals surface area contributed by atoms with Crippen molar-refractivity contribution in [2.24, 2.45) is 4.99 Å². The first kappa shape index (κ1) is 23.4. The van der Waals surface area contributed by atoms with Gasteiger partial charge in [0.15, 0.2) is 12.0 Å². The number of quaternary nitrogens is 1. The van der Waals surface area contributed by atoms with Gasteiger partial charge in [-0.25, -0.2) is 19.6 Å². The summed E-state index contributed by atoms with van der Waals surface area (Å²) in [5.41, 5.74) is 2.99. The number of carbonyl (C=O) groups is 2. The Kier molecular flexibility index (Phi) is 7.13. The van der Waals surface area contributed by atoms with E-state index in [4.69, 9.17) is 16.3 Å². The molecule has 0 aromatic heterocycles. The van der Waals surface area contributed by atoms with Crippen LogP contribution in [0.1, 0.15) is 25.7 Å². The topological polar surface area (TPSA) is 114 Å². The van der Waals surface area contributed by atoms with E-state index in [-0.39, 0.29) is 36.0 Å². The number of likely N-dealkylation sites (tertiary alicyclic amines) is 1. The molecule has 1 aromatic carbocycles. The third-order valence-corrected chi connectivity index (χ3v) is 6.19. The van der Waals surface area contributed by atoms with Gasteiger partial charge in [0.05, 0.1) is 24.4 Å². The maximum Gasteiger partial charge on any atom is 0.327 e. The van der Waals surface area contributed by atoms with Crippen molar-refractivity contribution in [1.82, 2.24) is 10.2 Å². The highest BCUT2D eigenvalue weighted by Crippen LogP contribution is 2.25. The molecule has 0 bridgehead atoms. The normalized spacial score (nSPS) is 25.9. The predicted octanol–water partition coefficient (Wildman–Crippen LogP) is 1.34. The van der Waals surface area contributed by atoms with E-state index >= 15 is 0 Å². The summed E-state index contributed by atoms with van der Waals surface area (Å²) in [4.78, 5) is 31.7. The average Bonchev–Trinajstić information content (AvgIpc) is 3.43. The maximum atomic E-state index is 14.7. The number of allylic oxidation sites excluding steroid dienone is 1. The number of hydroxylamine groups is 1. The molecule has 2 saturated heterocycles. The molecule has 0 radical (unpaired) electrons. The molecule has 3 aliphatic rings. The second-order valence-electron chi connectivity index (χ2n) is 8.11. The van der Waals surface area contributed by atoms with E-state index in [1.165, 1.54) is 35.3 Å². The number of methoxy groups -OCH3 is 1. The van der Waals surface area contributed by atoms with E-state index in [9.17, 15) is 19.2 Å². The Balaban J connectivity index is 1.44. The second kappa shape index (κ2) is 10.0. The van der Waals surface area contributed by atoms with Gasteiger partial charge in [-0.3, -0.25) is 20.2 Å². The van der Waals surface area contributed by atoms with Crippen molar-refractivity contribution in [3.8, 4) is 0 Å². The van der Waals surface area contributed by atoms with Crippen molar-refractivity contribution in [1.29, 1.82) is 0 Å². The minimum absolute atomic E-state index is 0.0237. The number of benzene rings is 1. The van der Waals surface area contributed by atoms with Crippen LogP contribution in [0.25, 0.3) is 0 Å². The number of rotatable bonds is 6. The van der Waals surface area contributed by atoms with Crippen molar-refractivity contribution in [3.63, 3.8) is 0 Å². The first-order valence-electron chi connectivity index (χ1n) is 10.8. The van der Waals surface area contributed by atoms with E-state index in [0.29, 0.717) is 30.9 Å². The largest absolute Gasteiger partial charge is 0.606 e. The average molecular weight is 481 g/mol. The number of ether oxygens (including phenoxy) is 1. The number of aliphatic imine (C=N–C) groups is 1. The van der Waals surface area contributed by atoms with Crippen molar-refractivity contribution < 1.29 is 23.9 Å². The van der Waals surface area contributed by atoms with E-state index in [1.54, 1.807) is 12.1 Å². The van der Waals surface area contributed by atoms with Gasteiger partial charge < -0.3 is 14.8 Å². The molecule has 0 aliphatic carbocycles. The molecule has 1 aromatic rings. The van der Waals surface area contributed by atoms with Crippen molar-refractivity contribution in [2.45, 2.75) is 43.3 Å². The Bertz CT molecular complexity index is 976. The van der Waals surface area contributed by atoms with E-state index in [0.717, 1.165) is 6.42 Å². The van der Waals surface area contributed by atoms with Crippen LogP contribution in [0.3, 0.4) is 0 Å². The number of hydrogen-bond acceptors (Lipinski definition) is 6. The van der Waals surface area contributed by atoms with Gasteiger partial charge in [-0.05, 0) is 37.1 Å². The van der Waals surface area contributed by atoms with E-state index in [1.807, 2.05) is 0 Å². The SMILES string of the molecule is CO[C@@H]1C[C@H]([NH+]([O-])Nc2ccc(N3CCCC3=O)cc2F)N(C(=O)NC2=CCC(Cl)C=N2)C1. The summed E-state index contributed by atoms with van der Waals surface area (Å²) >= 11 is 5.96. The highest BCUT2D eigenvalue weighted by atomic mass is 35.5. The molecule has 0 saturated carbocycles. The first-order chi connectivity index (χ1) is 15.9. The lowest BCUT2D eigenvalue weighted by molar-refractivity contribution is -0.863. The van der Waals surface area contributed by atoms with Gasteiger partial charge in [0, 0.05) is 32.0 Å². The second-order valence-corrected chi connectivity index (χ2v) is 8.67. The number of halogens is 2. The van der Waals surface area contributed by atoms with Crippen LogP contribution in [0.2, 0.25) is 0 Å². The molecular weight excluding hydrogens is 455 g/mol. The lowest BCUT2D eigenvalue weighted by Crippen LogP contribution is -3.16. The Morgan fingerprint density at radius 2 is 2.24 bits per heavy atom. The zero-order valence-corrected chi connectivity index (χ0v) is 18.8. The molecule has 12 heteroatoms. The lowest BCUT2D eigenvalue weighted by Gasteiger charge is -2.34. The van der Waals surface area contributed by atoms with Crippen molar-refractivity contribution in [3.05, 3.63) is 41.1 Å². The molecule has 4 atom stereocenters. The molecule has 33 heavy (non-hydrogen) atoms. The monoisotopic (exact) mass is 480 g/mol. The minimum Gasteiger partial charge on any atom is -0.606 e. The molecular formula is C21H26ClFN6O4. The zero-order chi connectivity index (χ0) is 23.5. The van der Waals surface area contributed by atoms with Gasteiger partial charge in [-0.1, -0.05) is 0 Å². The van der Waals surface area contributed by atoms with Crippen molar-refractivity contribution in [2.75, 3.05) is 30.5 Å². The summed E-state index contributed by atoms with van der Waals surface area (Å²) in [6.07, 6.45) is 4.01. The molecule has 0 spiro atoms. The van der Waals surface area contributed by atoms with Crippen LogP contribution < -0.4 is 20.8 Å². The molecule has 10 nitrogen and oxygen atoms in total. The van der Waals surface area contributed by atoms with Crippen molar-refractivity contribution >= 4 is 41.1 Å². The summed E-state index contributed by atoms with van der Waals surface area (Å²) in [5.74, 6) is -0.353. The number of amides is 3. The smallest absolute Gasteiger partial charge is 0.327 e. The van der Waals surface area contributed by atoms with Crippen LogP contribution in [0.5, 0.6) is 0 Å². The van der Waals surface area contributed by atoms with Crippen LogP contribution in [0.15, 0.2) is 35.1 Å². The molecule has 178 valence electrons. The number of nitrogens with one attached hydrogen (secondary N) is 3. The van der Waals surface area contributed by atoms with Gasteiger partial charge in [-0.2, -0.15) is 0 Å². The Morgan fingerprint density at radius 1 is 1.42 bits per heavy atom. The van der Waals surface area contributed by atoms with Crippen LogP contribution in [0, 0.1) is 11.0 Å². The minimum atomic E-state index is -0.858. The summed E-state index contributed by atoms with van der Waals surface area (Å²) in [6, 6.07) is 3.74. The standard InChI is InChI=1S/C21H26ClFN6O4/c1-33-15-10-19(28(12-15)21(31)25-18-7-4-13(22)11-24-18)29(32)26-17-6-5-14(9-16(17)23)27-8-2-3-20(27)30/h5-7,9,11,13,15,19,26,29H,2-4,8,10,12H2,1H3,(H,25,31)/t13?,15-,19+/m1/s1. The molecule has 3 amide bonds. The molecule has 2 fully saturated rings. The van der Waals surface area contributed by atoms with Gasteiger partial charge in [-0.15, -0.1) is 11.6 Å². The number of carbonyl (C=O) groups excluding carboxylic acids is 2. The lowest BCUT2D eigenvalue weighted by atomic mass is 10.2. The van der Waals surface area contributed by atoms with Gasteiger partial charge in [0.1, 0.15) is 11.5 Å². The van der Waals surface area contributed by atoms with E-state index < -0.39 is 23.2 Å². The molecule has 3 aliphatic heterocycles. The summed E-state index contributed by atoms with van der Waals surface area (Å²) in [5, 5.41) is 14.9. The van der Waals surface area contributed by atoms with Crippen LogP contribution in [0.4, 0.5) is 20.6 Å². The molecule has 3 heterocycles. The van der Waals surface area contributed by atoms with Crippen LogP contribution in [-0.4, -0.2) is 60.9 Å². The molecule has 2 unspecified atom stereocenters. The number of urea groups is 1. The Hall–Kier alpha value is -2.73. The fourth-order valence-corrected chi connectivity index (χ4v) is 4.26. The summed E-state index contributed by atoms with van der Waals surface area (Å²) < 4.78 is 20.1. The summed E-state index contributed by atoms with van der Waals surface area (Å²) in [6.45, 7) is 0.745. The predicted molar refractivity (Wildman–Crippen MR) is 121 cm³/mol. The highest BCUT2D eigenvalue weighted by Gasteiger charge is 2.40.